The number of hydrogen-bond donors (Lipinski definition) is 1. The molecule has 0 bridgehead atoms. The van der Waals surface area contributed by atoms with Gasteiger partial charge in [0.2, 0.25) is 10.0 Å². The summed E-state index contributed by atoms with van der Waals surface area (Å²) in [5.41, 5.74) is 1.33. The van der Waals surface area contributed by atoms with E-state index in [1.165, 1.54) is 16.4 Å². The van der Waals surface area contributed by atoms with Crippen LogP contribution in [-0.4, -0.2) is 54.8 Å². The molecule has 1 heterocycles. The number of carbonyl (C=O) groups excluding carboxylic acids is 1. The van der Waals surface area contributed by atoms with E-state index in [-0.39, 0.29) is 29.6 Å². The van der Waals surface area contributed by atoms with Crippen molar-refractivity contribution in [3.05, 3.63) is 58.1 Å². The number of halogens is 1. The molecule has 1 amide bonds. The summed E-state index contributed by atoms with van der Waals surface area (Å²) in [6.07, 6.45) is 0. The van der Waals surface area contributed by atoms with Crippen LogP contribution in [0.3, 0.4) is 0 Å². The minimum atomic E-state index is -3.58. The van der Waals surface area contributed by atoms with Crippen LogP contribution in [0.25, 0.3) is 0 Å². The van der Waals surface area contributed by atoms with Crippen molar-refractivity contribution in [3.63, 3.8) is 0 Å². The summed E-state index contributed by atoms with van der Waals surface area (Å²) in [5.74, 6) is -0.0659. The Balaban J connectivity index is 1.70. The van der Waals surface area contributed by atoms with Crippen LogP contribution in [0.2, 0.25) is 0 Å². The molecule has 0 radical (unpaired) electrons. The van der Waals surface area contributed by atoms with Crippen LogP contribution in [0.4, 0.5) is 0 Å². The third kappa shape index (κ3) is 3.77. The zero-order valence-corrected chi connectivity index (χ0v) is 16.6. The number of sulfonamides is 1. The fourth-order valence-electron chi connectivity index (χ4n) is 2.84. The van der Waals surface area contributed by atoms with Gasteiger partial charge in [-0.1, -0.05) is 15.9 Å². The normalized spacial score (nSPS) is 15.8. The molecule has 0 saturated carbocycles. The average molecular weight is 439 g/mol. The molecule has 3 rings (SSSR count). The Kier molecular flexibility index (Phi) is 5.36. The van der Waals surface area contributed by atoms with Gasteiger partial charge in [0.15, 0.2) is 0 Å². The van der Waals surface area contributed by atoms with Gasteiger partial charge in [-0.3, -0.25) is 4.79 Å². The molecule has 0 aromatic heterocycles. The quantitative estimate of drug-likeness (QED) is 0.798. The SMILES string of the molecule is Cc1cc(S(=O)(=O)N2CCN(C(=O)c3ccc(O)cc3)CC2)ccc1Br. The first-order valence-electron chi connectivity index (χ1n) is 8.13. The Morgan fingerprint density at radius 1 is 1.04 bits per heavy atom. The number of hydrogen-bond acceptors (Lipinski definition) is 4. The summed E-state index contributed by atoms with van der Waals surface area (Å²) in [4.78, 5) is 14.4. The maximum Gasteiger partial charge on any atom is 0.253 e. The number of aryl methyl sites for hydroxylation is 1. The largest absolute Gasteiger partial charge is 0.508 e. The van der Waals surface area contributed by atoms with Gasteiger partial charge in [-0.15, -0.1) is 0 Å². The molecule has 0 atom stereocenters. The Morgan fingerprint density at radius 3 is 2.23 bits per heavy atom. The van der Waals surface area contributed by atoms with Crippen molar-refractivity contribution in [2.45, 2.75) is 11.8 Å². The standard InChI is InChI=1S/C18H19BrN2O4S/c1-13-12-16(6-7-17(13)19)26(24,25)21-10-8-20(9-11-21)18(23)14-2-4-15(22)5-3-14/h2-7,12,22H,8-11H2,1H3. The van der Waals surface area contributed by atoms with Crippen LogP contribution in [0.15, 0.2) is 51.8 Å². The number of nitrogens with zero attached hydrogens (tertiary/aromatic N) is 2. The van der Waals surface area contributed by atoms with Crippen LogP contribution in [0.1, 0.15) is 15.9 Å². The molecular weight excluding hydrogens is 420 g/mol. The molecular formula is C18H19BrN2O4S. The molecule has 26 heavy (non-hydrogen) atoms. The second kappa shape index (κ2) is 7.38. The van der Waals surface area contributed by atoms with Gasteiger partial charge < -0.3 is 10.0 Å². The van der Waals surface area contributed by atoms with E-state index in [0.717, 1.165) is 10.0 Å². The molecule has 1 aliphatic rings. The zero-order valence-electron chi connectivity index (χ0n) is 14.2. The highest BCUT2D eigenvalue weighted by atomic mass is 79.9. The van der Waals surface area contributed by atoms with Gasteiger partial charge >= 0.3 is 0 Å². The van der Waals surface area contributed by atoms with Crippen LogP contribution in [0, 0.1) is 6.92 Å². The highest BCUT2D eigenvalue weighted by Crippen LogP contribution is 2.24. The number of amides is 1. The molecule has 8 heteroatoms. The number of aromatic hydroxyl groups is 1. The van der Waals surface area contributed by atoms with Crippen LogP contribution in [-0.2, 0) is 10.0 Å². The minimum absolute atomic E-state index is 0.0993. The predicted octanol–water partition coefficient (Wildman–Crippen LogP) is 2.61. The molecule has 2 aromatic rings. The zero-order chi connectivity index (χ0) is 18.9. The molecule has 1 aliphatic heterocycles. The van der Waals surface area contributed by atoms with Crippen LogP contribution in [0.5, 0.6) is 5.75 Å². The lowest BCUT2D eigenvalue weighted by atomic mass is 10.2. The van der Waals surface area contributed by atoms with E-state index in [9.17, 15) is 18.3 Å². The molecule has 0 spiro atoms. The van der Waals surface area contributed by atoms with E-state index in [4.69, 9.17) is 0 Å². The van der Waals surface area contributed by atoms with Gasteiger partial charge in [-0.05, 0) is 55.0 Å². The molecule has 1 saturated heterocycles. The number of phenols is 1. The van der Waals surface area contributed by atoms with E-state index in [1.807, 2.05) is 6.92 Å². The van der Waals surface area contributed by atoms with Gasteiger partial charge in [-0.2, -0.15) is 4.31 Å². The molecule has 0 aliphatic carbocycles. The van der Waals surface area contributed by atoms with Crippen molar-refractivity contribution in [2.75, 3.05) is 26.2 Å². The van der Waals surface area contributed by atoms with Crippen molar-refractivity contribution in [2.24, 2.45) is 0 Å². The summed E-state index contributed by atoms with van der Waals surface area (Å²) >= 11 is 3.37. The highest BCUT2D eigenvalue weighted by Gasteiger charge is 2.30. The van der Waals surface area contributed by atoms with E-state index in [0.29, 0.717) is 18.7 Å². The second-order valence-corrected chi connectivity index (χ2v) is 8.95. The maximum atomic E-state index is 12.8. The number of carbonyl (C=O) groups is 1. The van der Waals surface area contributed by atoms with Crippen LogP contribution < -0.4 is 0 Å². The van der Waals surface area contributed by atoms with E-state index >= 15 is 0 Å². The minimum Gasteiger partial charge on any atom is -0.508 e. The van der Waals surface area contributed by atoms with E-state index in [2.05, 4.69) is 15.9 Å². The summed E-state index contributed by atoms with van der Waals surface area (Å²) in [5, 5.41) is 9.32. The van der Waals surface area contributed by atoms with Crippen molar-refractivity contribution in [1.29, 1.82) is 0 Å². The van der Waals surface area contributed by atoms with E-state index < -0.39 is 10.0 Å². The molecule has 1 N–H and O–H groups in total. The van der Waals surface area contributed by atoms with Crippen molar-refractivity contribution < 1.29 is 18.3 Å². The number of piperazine rings is 1. The van der Waals surface area contributed by atoms with Crippen molar-refractivity contribution in [3.8, 4) is 5.75 Å². The first kappa shape index (κ1) is 18.9. The summed E-state index contributed by atoms with van der Waals surface area (Å²) < 4.78 is 27.9. The first-order chi connectivity index (χ1) is 12.3. The fraction of sp³-hybridized carbons (Fsp3) is 0.278. The fourth-order valence-corrected chi connectivity index (χ4v) is 4.60. The number of rotatable bonds is 3. The van der Waals surface area contributed by atoms with E-state index in [1.54, 1.807) is 35.2 Å². The number of benzene rings is 2. The van der Waals surface area contributed by atoms with Gasteiger partial charge in [0.1, 0.15) is 5.75 Å². The lowest BCUT2D eigenvalue weighted by molar-refractivity contribution is 0.0698. The van der Waals surface area contributed by atoms with Crippen molar-refractivity contribution >= 4 is 31.9 Å². The molecule has 1 fully saturated rings. The first-order valence-corrected chi connectivity index (χ1v) is 10.4. The number of phenolic OH excluding ortho intramolecular Hbond substituents is 1. The summed E-state index contributed by atoms with van der Waals surface area (Å²) in [6.45, 7) is 3.00. The monoisotopic (exact) mass is 438 g/mol. The smallest absolute Gasteiger partial charge is 0.253 e. The topological polar surface area (TPSA) is 77.9 Å². The molecule has 6 nitrogen and oxygen atoms in total. The molecule has 2 aromatic carbocycles. The Bertz CT molecular complexity index is 921. The third-order valence-corrected chi connectivity index (χ3v) is 7.19. The highest BCUT2D eigenvalue weighted by molar-refractivity contribution is 9.10. The Morgan fingerprint density at radius 2 is 1.65 bits per heavy atom. The van der Waals surface area contributed by atoms with Gasteiger partial charge in [0.05, 0.1) is 4.90 Å². The van der Waals surface area contributed by atoms with Gasteiger partial charge in [-0.25, -0.2) is 8.42 Å². The van der Waals surface area contributed by atoms with Crippen molar-refractivity contribution in [1.82, 2.24) is 9.21 Å². The van der Waals surface area contributed by atoms with Crippen LogP contribution >= 0.6 is 15.9 Å². The molecule has 0 unspecified atom stereocenters. The maximum absolute atomic E-state index is 12.8. The lowest BCUT2D eigenvalue weighted by Crippen LogP contribution is -2.50. The Hall–Kier alpha value is -1.90. The van der Waals surface area contributed by atoms with Gasteiger partial charge in [0.25, 0.3) is 5.91 Å². The predicted molar refractivity (Wildman–Crippen MR) is 102 cm³/mol. The second-order valence-electron chi connectivity index (χ2n) is 6.15. The third-order valence-electron chi connectivity index (χ3n) is 4.41. The van der Waals surface area contributed by atoms with Gasteiger partial charge in [0, 0.05) is 36.2 Å². The average Bonchev–Trinajstić information content (AvgIpc) is 2.64. The summed E-state index contributed by atoms with van der Waals surface area (Å²) in [7, 11) is -3.58. The Labute approximate surface area is 161 Å². The molecule has 138 valence electrons. The summed E-state index contributed by atoms with van der Waals surface area (Å²) in [6, 6.07) is 11.0. The lowest BCUT2D eigenvalue weighted by Gasteiger charge is -2.34.